The van der Waals surface area contributed by atoms with E-state index in [-0.39, 0.29) is 11.0 Å². The SMILES string of the molecule is C=C1CC(O[Si](C)(C)C(C)(C)C)=CC(C)(c2ccc(OC)cc2)C1(C)C(=O)OCC. The van der Waals surface area contributed by atoms with Gasteiger partial charge in [-0.1, -0.05) is 52.0 Å². The highest BCUT2D eigenvalue weighted by atomic mass is 28.4. The van der Waals surface area contributed by atoms with Gasteiger partial charge >= 0.3 is 5.97 Å². The lowest BCUT2D eigenvalue weighted by molar-refractivity contribution is -0.155. The number of hydrogen-bond acceptors (Lipinski definition) is 4. The lowest BCUT2D eigenvalue weighted by Gasteiger charge is -2.49. The second kappa shape index (κ2) is 8.25. The van der Waals surface area contributed by atoms with Crippen LogP contribution in [0.1, 0.15) is 53.5 Å². The fraction of sp³-hybridized carbons (Fsp3) is 0.560. The largest absolute Gasteiger partial charge is 0.546 e. The van der Waals surface area contributed by atoms with Crippen molar-refractivity contribution >= 4 is 14.3 Å². The van der Waals surface area contributed by atoms with Crippen molar-refractivity contribution in [1.29, 1.82) is 0 Å². The molecule has 0 saturated carbocycles. The number of esters is 1. The molecule has 1 aliphatic rings. The number of allylic oxidation sites excluding steroid dienone is 2. The first-order chi connectivity index (χ1) is 13.7. The molecular weight excluding hydrogens is 392 g/mol. The van der Waals surface area contributed by atoms with E-state index in [0.717, 1.165) is 22.6 Å². The van der Waals surface area contributed by atoms with Crippen LogP contribution < -0.4 is 4.74 Å². The summed E-state index contributed by atoms with van der Waals surface area (Å²) in [5, 5.41) is 0.0770. The Kier molecular flexibility index (Phi) is 6.67. The van der Waals surface area contributed by atoms with Crippen LogP contribution in [0, 0.1) is 5.41 Å². The smallest absolute Gasteiger partial charge is 0.317 e. The number of carbonyl (C=O) groups is 1. The highest BCUT2D eigenvalue weighted by Crippen LogP contribution is 2.54. The molecule has 0 aliphatic heterocycles. The van der Waals surface area contributed by atoms with Gasteiger partial charge in [0.2, 0.25) is 8.32 Å². The maximum atomic E-state index is 13.2. The number of rotatable bonds is 6. The molecule has 2 atom stereocenters. The molecular formula is C25H38O4Si. The van der Waals surface area contributed by atoms with Gasteiger partial charge in [0.15, 0.2) is 0 Å². The summed E-state index contributed by atoms with van der Waals surface area (Å²) in [6.07, 6.45) is 2.66. The fourth-order valence-electron chi connectivity index (χ4n) is 3.76. The van der Waals surface area contributed by atoms with Gasteiger partial charge in [-0.2, -0.15) is 0 Å². The van der Waals surface area contributed by atoms with Crippen molar-refractivity contribution in [3.05, 3.63) is 53.8 Å². The van der Waals surface area contributed by atoms with Crippen molar-refractivity contribution in [2.45, 2.75) is 71.5 Å². The summed E-state index contributed by atoms with van der Waals surface area (Å²) in [6, 6.07) is 7.86. The van der Waals surface area contributed by atoms with E-state index < -0.39 is 19.1 Å². The summed E-state index contributed by atoms with van der Waals surface area (Å²) in [5.41, 5.74) is 0.239. The van der Waals surface area contributed by atoms with Gasteiger partial charge in [0.25, 0.3) is 0 Å². The molecule has 0 spiro atoms. The summed E-state index contributed by atoms with van der Waals surface area (Å²) in [4.78, 5) is 13.2. The van der Waals surface area contributed by atoms with Gasteiger partial charge in [-0.25, -0.2) is 0 Å². The average Bonchev–Trinajstić information content (AvgIpc) is 2.65. The first-order valence-corrected chi connectivity index (χ1v) is 13.5. The summed E-state index contributed by atoms with van der Waals surface area (Å²) in [5.74, 6) is 1.42. The van der Waals surface area contributed by atoms with E-state index in [4.69, 9.17) is 13.9 Å². The van der Waals surface area contributed by atoms with Crippen LogP contribution in [-0.2, 0) is 19.4 Å². The zero-order valence-electron chi connectivity index (χ0n) is 20.1. The molecule has 1 aromatic rings. The molecule has 0 fully saturated rings. The molecule has 1 aliphatic carbocycles. The van der Waals surface area contributed by atoms with Gasteiger partial charge < -0.3 is 13.9 Å². The molecule has 166 valence electrons. The van der Waals surface area contributed by atoms with Crippen LogP contribution >= 0.6 is 0 Å². The van der Waals surface area contributed by atoms with E-state index >= 15 is 0 Å². The van der Waals surface area contributed by atoms with E-state index in [1.165, 1.54) is 0 Å². The third-order valence-corrected chi connectivity index (χ3v) is 11.5. The number of carbonyl (C=O) groups excluding carboxylic acids is 1. The topological polar surface area (TPSA) is 44.8 Å². The molecule has 0 aromatic heterocycles. The Morgan fingerprint density at radius 3 is 2.20 bits per heavy atom. The van der Waals surface area contributed by atoms with E-state index in [1.54, 1.807) is 7.11 Å². The number of hydrogen-bond donors (Lipinski definition) is 0. The molecule has 0 amide bonds. The Hall–Kier alpha value is -2.01. The minimum absolute atomic E-state index is 0.0770. The van der Waals surface area contributed by atoms with Crippen molar-refractivity contribution in [1.82, 2.24) is 0 Å². The summed E-state index contributed by atoms with van der Waals surface area (Å²) in [6.45, 7) is 21.7. The Morgan fingerprint density at radius 2 is 1.73 bits per heavy atom. The third-order valence-electron chi connectivity index (χ3n) is 7.15. The zero-order chi connectivity index (χ0) is 23.0. The lowest BCUT2D eigenvalue weighted by atomic mass is 9.55. The predicted molar refractivity (Wildman–Crippen MR) is 125 cm³/mol. The summed E-state index contributed by atoms with van der Waals surface area (Å²) >= 11 is 0. The van der Waals surface area contributed by atoms with Gasteiger partial charge in [0.05, 0.1) is 24.9 Å². The first-order valence-electron chi connectivity index (χ1n) is 10.6. The summed E-state index contributed by atoms with van der Waals surface area (Å²) in [7, 11) is -0.389. The standard InChI is InChI=1S/C25H38O4Si/c1-11-28-22(26)25(7)18(2)16-21(29-30(9,10)23(3,4)5)17-24(25,6)19-12-14-20(27-8)15-13-19/h12-15,17H,2,11,16H2,1,3-10H3. The molecule has 2 unspecified atom stereocenters. The lowest BCUT2D eigenvalue weighted by Crippen LogP contribution is -2.51. The molecule has 30 heavy (non-hydrogen) atoms. The van der Waals surface area contributed by atoms with Crippen molar-refractivity contribution in [2.75, 3.05) is 13.7 Å². The van der Waals surface area contributed by atoms with Crippen molar-refractivity contribution < 1.29 is 18.7 Å². The van der Waals surface area contributed by atoms with Gasteiger partial charge in [-0.05, 0) is 55.8 Å². The van der Waals surface area contributed by atoms with E-state index in [1.807, 2.05) is 38.1 Å². The van der Waals surface area contributed by atoms with Crippen molar-refractivity contribution in [3.8, 4) is 5.75 Å². The van der Waals surface area contributed by atoms with Crippen LogP contribution in [0.4, 0.5) is 0 Å². The third kappa shape index (κ3) is 4.09. The van der Waals surface area contributed by atoms with Crippen LogP contribution in [0.15, 0.2) is 48.3 Å². The normalized spacial score (nSPS) is 24.8. The zero-order valence-corrected chi connectivity index (χ0v) is 21.1. The molecule has 0 saturated heterocycles. The minimum Gasteiger partial charge on any atom is -0.546 e. The molecule has 0 bridgehead atoms. The highest BCUT2D eigenvalue weighted by molar-refractivity contribution is 6.74. The number of benzene rings is 1. The predicted octanol–water partition coefficient (Wildman–Crippen LogP) is 6.39. The van der Waals surface area contributed by atoms with Gasteiger partial charge in [-0.3, -0.25) is 4.79 Å². The van der Waals surface area contributed by atoms with Gasteiger partial charge in [0.1, 0.15) is 5.75 Å². The van der Waals surface area contributed by atoms with Crippen LogP contribution in [0.3, 0.4) is 0 Å². The number of ether oxygens (including phenoxy) is 2. The molecule has 0 N–H and O–H groups in total. The second-order valence-corrected chi connectivity index (χ2v) is 14.8. The van der Waals surface area contributed by atoms with E-state index in [9.17, 15) is 4.79 Å². The second-order valence-electron chi connectivity index (χ2n) is 10.0. The fourth-order valence-corrected chi connectivity index (χ4v) is 4.85. The van der Waals surface area contributed by atoms with Crippen molar-refractivity contribution in [3.63, 3.8) is 0 Å². The van der Waals surface area contributed by atoms with E-state index in [0.29, 0.717) is 13.0 Å². The average molecular weight is 431 g/mol. The molecule has 0 radical (unpaired) electrons. The van der Waals surface area contributed by atoms with Crippen molar-refractivity contribution in [2.24, 2.45) is 5.41 Å². The number of methoxy groups -OCH3 is 1. The van der Waals surface area contributed by atoms with E-state index in [2.05, 4.69) is 53.4 Å². The maximum absolute atomic E-state index is 13.2. The molecule has 4 nitrogen and oxygen atoms in total. The van der Waals surface area contributed by atoms with Crippen LogP contribution in [0.2, 0.25) is 18.1 Å². The highest BCUT2D eigenvalue weighted by Gasteiger charge is 2.56. The Morgan fingerprint density at radius 1 is 1.17 bits per heavy atom. The Labute approximate surface area is 183 Å². The Bertz CT molecular complexity index is 832. The molecule has 5 heteroatoms. The monoisotopic (exact) mass is 430 g/mol. The van der Waals surface area contributed by atoms with Gasteiger partial charge in [-0.15, -0.1) is 0 Å². The molecule has 1 aromatic carbocycles. The first kappa shape index (κ1) is 24.3. The van der Waals surface area contributed by atoms with Crippen LogP contribution in [0.25, 0.3) is 0 Å². The molecule has 0 heterocycles. The summed E-state index contributed by atoms with van der Waals surface area (Å²) < 4.78 is 17.5. The minimum atomic E-state index is -2.03. The maximum Gasteiger partial charge on any atom is 0.317 e. The van der Waals surface area contributed by atoms with Gasteiger partial charge in [0, 0.05) is 11.8 Å². The Balaban J connectivity index is 2.65. The van der Waals surface area contributed by atoms with Crippen LogP contribution in [-0.4, -0.2) is 28.0 Å². The molecule has 2 rings (SSSR count). The van der Waals surface area contributed by atoms with Crippen LogP contribution in [0.5, 0.6) is 5.75 Å². The quantitative estimate of drug-likeness (QED) is 0.298.